The molecule has 0 saturated heterocycles. The Bertz CT molecular complexity index is 614. The molecule has 0 bridgehead atoms. The number of benzene rings is 1. The quantitative estimate of drug-likeness (QED) is 0.853. The Morgan fingerprint density at radius 2 is 2.24 bits per heavy atom. The van der Waals surface area contributed by atoms with Gasteiger partial charge < -0.3 is 10.2 Å². The number of nitrogens with zero attached hydrogens (tertiary/aromatic N) is 1. The van der Waals surface area contributed by atoms with E-state index in [9.17, 15) is 4.79 Å². The molecule has 1 saturated carbocycles. The summed E-state index contributed by atoms with van der Waals surface area (Å²) < 4.78 is 6.67. The van der Waals surface area contributed by atoms with Crippen molar-refractivity contribution in [2.24, 2.45) is 12.8 Å². The summed E-state index contributed by atoms with van der Waals surface area (Å²) in [6, 6.07) is 5.96. The zero-order valence-corrected chi connectivity index (χ0v) is 9.90. The zero-order valence-electron chi connectivity index (χ0n) is 9.90. The first kappa shape index (κ1) is 10.6. The van der Waals surface area contributed by atoms with Crippen molar-refractivity contribution in [3.8, 4) is 0 Å². The largest absolute Gasteiger partial charge is 0.419 e. The molecule has 4 heteroatoms. The standard InChI is InChI=1S/C13H16N2O2/c1-15-10-7-9(13(8-14)5-2-6-13)3-4-11(10)17-12(15)16/h3-4,7H,2,5-6,8,14H2,1H3. The lowest BCUT2D eigenvalue weighted by Gasteiger charge is -2.41. The van der Waals surface area contributed by atoms with Gasteiger partial charge in [0.1, 0.15) is 0 Å². The molecular weight excluding hydrogens is 216 g/mol. The lowest BCUT2D eigenvalue weighted by molar-refractivity contribution is 0.253. The van der Waals surface area contributed by atoms with Crippen LogP contribution < -0.4 is 11.5 Å². The summed E-state index contributed by atoms with van der Waals surface area (Å²) in [5, 5.41) is 0. The topological polar surface area (TPSA) is 61.2 Å². The van der Waals surface area contributed by atoms with Crippen LogP contribution in [0.3, 0.4) is 0 Å². The molecule has 2 N–H and O–H groups in total. The Balaban J connectivity index is 2.19. The molecule has 3 rings (SSSR count). The van der Waals surface area contributed by atoms with Gasteiger partial charge in [-0.2, -0.15) is 0 Å². The molecule has 1 heterocycles. The van der Waals surface area contributed by atoms with Gasteiger partial charge in [-0.05, 0) is 30.5 Å². The Labute approximate surface area is 99.0 Å². The summed E-state index contributed by atoms with van der Waals surface area (Å²) in [6.45, 7) is 0.671. The summed E-state index contributed by atoms with van der Waals surface area (Å²) in [7, 11) is 1.73. The predicted octanol–water partition coefficient (Wildman–Crippen LogP) is 1.51. The number of rotatable bonds is 2. The average molecular weight is 232 g/mol. The van der Waals surface area contributed by atoms with E-state index in [-0.39, 0.29) is 11.2 Å². The Kier molecular flexibility index (Phi) is 2.16. The van der Waals surface area contributed by atoms with Crippen molar-refractivity contribution in [1.82, 2.24) is 4.57 Å². The Morgan fingerprint density at radius 1 is 1.47 bits per heavy atom. The van der Waals surface area contributed by atoms with Crippen LogP contribution in [0.25, 0.3) is 11.1 Å². The number of hydrogen-bond acceptors (Lipinski definition) is 3. The third kappa shape index (κ3) is 1.37. The molecule has 17 heavy (non-hydrogen) atoms. The Hall–Kier alpha value is -1.55. The van der Waals surface area contributed by atoms with Gasteiger partial charge in [-0.25, -0.2) is 4.79 Å². The maximum Gasteiger partial charge on any atom is 0.419 e. The highest BCUT2D eigenvalue weighted by molar-refractivity contribution is 5.74. The van der Waals surface area contributed by atoms with E-state index in [0.717, 1.165) is 18.4 Å². The first-order valence-corrected chi connectivity index (χ1v) is 5.96. The van der Waals surface area contributed by atoms with Crippen LogP contribution in [0.4, 0.5) is 0 Å². The molecule has 1 aromatic heterocycles. The van der Waals surface area contributed by atoms with Crippen molar-refractivity contribution in [3.05, 3.63) is 34.3 Å². The minimum absolute atomic E-state index is 0.126. The normalized spacial score (nSPS) is 18.2. The molecule has 0 amide bonds. The van der Waals surface area contributed by atoms with Crippen LogP contribution in [0.1, 0.15) is 24.8 Å². The van der Waals surface area contributed by atoms with Crippen LogP contribution in [-0.4, -0.2) is 11.1 Å². The summed E-state index contributed by atoms with van der Waals surface area (Å²) >= 11 is 0. The molecule has 1 aliphatic rings. The minimum Gasteiger partial charge on any atom is -0.408 e. The van der Waals surface area contributed by atoms with Crippen LogP contribution in [0.15, 0.2) is 27.4 Å². The van der Waals surface area contributed by atoms with Crippen molar-refractivity contribution in [1.29, 1.82) is 0 Å². The molecule has 0 radical (unpaired) electrons. The van der Waals surface area contributed by atoms with Gasteiger partial charge in [-0.3, -0.25) is 4.57 Å². The summed E-state index contributed by atoms with van der Waals surface area (Å²) in [5.74, 6) is -0.312. The maximum atomic E-state index is 11.4. The van der Waals surface area contributed by atoms with Gasteiger partial charge in [0.15, 0.2) is 5.58 Å². The van der Waals surface area contributed by atoms with E-state index in [1.165, 1.54) is 12.0 Å². The fourth-order valence-electron chi connectivity index (χ4n) is 2.67. The highest BCUT2D eigenvalue weighted by atomic mass is 16.4. The van der Waals surface area contributed by atoms with Crippen LogP contribution in [0, 0.1) is 0 Å². The minimum atomic E-state index is -0.312. The van der Waals surface area contributed by atoms with Crippen molar-refractivity contribution < 1.29 is 4.42 Å². The van der Waals surface area contributed by atoms with Crippen LogP contribution in [0.5, 0.6) is 0 Å². The molecule has 4 nitrogen and oxygen atoms in total. The summed E-state index contributed by atoms with van der Waals surface area (Å²) in [6.07, 6.45) is 3.52. The van der Waals surface area contributed by atoms with Gasteiger partial charge in [0, 0.05) is 19.0 Å². The number of hydrogen-bond donors (Lipinski definition) is 1. The molecular formula is C13H16N2O2. The van der Waals surface area contributed by atoms with E-state index in [4.69, 9.17) is 10.2 Å². The van der Waals surface area contributed by atoms with Gasteiger partial charge in [0.2, 0.25) is 0 Å². The second-order valence-electron chi connectivity index (χ2n) is 4.95. The van der Waals surface area contributed by atoms with Crippen molar-refractivity contribution in [3.63, 3.8) is 0 Å². The smallest absolute Gasteiger partial charge is 0.408 e. The average Bonchev–Trinajstić information content (AvgIpc) is 2.55. The molecule has 90 valence electrons. The second-order valence-corrected chi connectivity index (χ2v) is 4.95. The predicted molar refractivity (Wildman–Crippen MR) is 66.0 cm³/mol. The number of aryl methyl sites for hydroxylation is 1. The van der Waals surface area contributed by atoms with E-state index in [1.807, 2.05) is 18.2 Å². The van der Waals surface area contributed by atoms with Gasteiger partial charge in [-0.15, -0.1) is 0 Å². The van der Waals surface area contributed by atoms with E-state index >= 15 is 0 Å². The number of nitrogens with two attached hydrogens (primary N) is 1. The lowest BCUT2D eigenvalue weighted by atomic mass is 9.64. The van der Waals surface area contributed by atoms with E-state index in [0.29, 0.717) is 12.1 Å². The van der Waals surface area contributed by atoms with Gasteiger partial charge >= 0.3 is 5.76 Å². The maximum absolute atomic E-state index is 11.4. The lowest BCUT2D eigenvalue weighted by Crippen LogP contribution is -2.41. The summed E-state index contributed by atoms with van der Waals surface area (Å²) in [5.41, 5.74) is 8.75. The number of aromatic nitrogens is 1. The first-order chi connectivity index (χ1) is 8.16. The molecule has 0 spiro atoms. The SMILES string of the molecule is Cn1c(=O)oc2ccc(C3(CN)CCC3)cc21. The van der Waals surface area contributed by atoms with Crippen LogP contribution >= 0.6 is 0 Å². The molecule has 0 unspecified atom stereocenters. The van der Waals surface area contributed by atoms with Gasteiger partial charge in [0.25, 0.3) is 0 Å². The van der Waals surface area contributed by atoms with Crippen molar-refractivity contribution >= 4 is 11.1 Å². The van der Waals surface area contributed by atoms with Crippen LogP contribution in [0.2, 0.25) is 0 Å². The number of fused-ring (bicyclic) bond motifs is 1. The van der Waals surface area contributed by atoms with Crippen molar-refractivity contribution in [2.45, 2.75) is 24.7 Å². The van der Waals surface area contributed by atoms with Gasteiger partial charge in [-0.1, -0.05) is 12.5 Å². The molecule has 0 atom stereocenters. The highest BCUT2D eigenvalue weighted by Gasteiger charge is 2.37. The van der Waals surface area contributed by atoms with E-state index in [1.54, 1.807) is 11.6 Å². The van der Waals surface area contributed by atoms with Gasteiger partial charge in [0.05, 0.1) is 5.52 Å². The molecule has 2 aromatic rings. The second kappa shape index (κ2) is 3.47. The monoisotopic (exact) mass is 232 g/mol. The van der Waals surface area contributed by atoms with Crippen LogP contribution in [-0.2, 0) is 12.5 Å². The number of oxazole rings is 1. The summed E-state index contributed by atoms with van der Waals surface area (Å²) in [4.78, 5) is 11.4. The third-order valence-corrected chi connectivity index (χ3v) is 4.11. The molecule has 1 aliphatic carbocycles. The first-order valence-electron chi connectivity index (χ1n) is 5.96. The fourth-order valence-corrected chi connectivity index (χ4v) is 2.67. The molecule has 1 fully saturated rings. The molecule has 1 aromatic carbocycles. The zero-order chi connectivity index (χ0) is 12.0. The van der Waals surface area contributed by atoms with Crippen molar-refractivity contribution in [2.75, 3.05) is 6.54 Å². The van der Waals surface area contributed by atoms with E-state index in [2.05, 4.69) is 0 Å². The third-order valence-electron chi connectivity index (χ3n) is 4.11. The fraction of sp³-hybridized carbons (Fsp3) is 0.462. The molecule has 0 aliphatic heterocycles. The highest BCUT2D eigenvalue weighted by Crippen LogP contribution is 2.43. The van der Waals surface area contributed by atoms with E-state index < -0.39 is 0 Å². The Morgan fingerprint density at radius 3 is 2.82 bits per heavy atom.